The van der Waals surface area contributed by atoms with Crippen LogP contribution in [0.1, 0.15) is 58.8 Å². The van der Waals surface area contributed by atoms with Gasteiger partial charge in [-0.1, -0.05) is 12.8 Å². The van der Waals surface area contributed by atoms with Crippen molar-refractivity contribution in [3.63, 3.8) is 0 Å². The Bertz CT molecular complexity index is 659. The van der Waals surface area contributed by atoms with E-state index in [1.165, 1.54) is 25.7 Å². The lowest BCUT2D eigenvalue weighted by Crippen LogP contribution is -2.52. The number of nitrogens with zero attached hydrogens (tertiary/aromatic N) is 2. The Morgan fingerprint density at radius 1 is 1.03 bits per heavy atom. The predicted octanol–water partition coefficient (Wildman–Crippen LogP) is 1.06. The number of rotatable bonds is 6. The highest BCUT2D eigenvalue weighted by Crippen LogP contribution is 2.31. The Morgan fingerprint density at radius 3 is 2.43 bits per heavy atom. The van der Waals surface area contributed by atoms with Gasteiger partial charge in [-0.2, -0.15) is 0 Å². The molecule has 0 aromatic carbocycles. The molecule has 4 fully saturated rings. The average molecular weight is 420 g/mol. The molecule has 0 radical (unpaired) electrons. The molecule has 0 aromatic rings. The van der Waals surface area contributed by atoms with Crippen molar-refractivity contribution in [2.24, 2.45) is 11.8 Å². The molecule has 2 saturated heterocycles. The molecule has 4 aliphatic rings. The molecule has 0 aromatic heterocycles. The number of carbonyl (C=O) groups is 3. The van der Waals surface area contributed by atoms with Crippen LogP contribution in [0.3, 0.4) is 0 Å². The summed E-state index contributed by atoms with van der Waals surface area (Å²) >= 11 is 0. The molecule has 3 atom stereocenters. The van der Waals surface area contributed by atoms with E-state index in [0.29, 0.717) is 19.0 Å². The highest BCUT2D eigenvalue weighted by molar-refractivity contribution is 5.90. The average Bonchev–Trinajstić information content (AvgIpc) is 3.30. The van der Waals surface area contributed by atoms with Crippen molar-refractivity contribution in [3.8, 4) is 0 Å². The van der Waals surface area contributed by atoms with Crippen LogP contribution in [-0.2, 0) is 9.59 Å². The molecule has 2 heterocycles. The quantitative estimate of drug-likeness (QED) is 0.600. The van der Waals surface area contributed by atoms with Gasteiger partial charge in [0.2, 0.25) is 11.8 Å². The third-order valence-electron chi connectivity index (χ3n) is 6.92. The van der Waals surface area contributed by atoms with Gasteiger partial charge in [0.25, 0.3) is 0 Å². The van der Waals surface area contributed by atoms with E-state index < -0.39 is 6.04 Å². The Balaban J connectivity index is 1.43. The normalized spacial score (nSPS) is 30.3. The number of carbonyl (C=O) groups excluding carboxylic acids is 3. The Kier molecular flexibility index (Phi) is 6.51. The van der Waals surface area contributed by atoms with Crippen LogP contribution in [0.2, 0.25) is 0 Å². The second kappa shape index (κ2) is 9.12. The molecule has 3 N–H and O–H groups in total. The van der Waals surface area contributed by atoms with Gasteiger partial charge < -0.3 is 20.9 Å². The van der Waals surface area contributed by atoms with Gasteiger partial charge in [-0.15, -0.1) is 0 Å². The Hall–Kier alpha value is -1.83. The molecule has 2 aliphatic carbocycles. The fourth-order valence-corrected chi connectivity index (χ4v) is 5.31. The summed E-state index contributed by atoms with van der Waals surface area (Å²) in [5.74, 6) is 0.820. The number of amides is 4. The van der Waals surface area contributed by atoms with E-state index in [1.807, 2.05) is 18.7 Å². The van der Waals surface area contributed by atoms with Gasteiger partial charge >= 0.3 is 6.03 Å². The monoisotopic (exact) mass is 419 g/mol. The van der Waals surface area contributed by atoms with Gasteiger partial charge in [0, 0.05) is 44.2 Å². The van der Waals surface area contributed by atoms with Gasteiger partial charge in [0.1, 0.15) is 6.04 Å². The zero-order chi connectivity index (χ0) is 21.3. The van der Waals surface area contributed by atoms with E-state index >= 15 is 0 Å². The fraction of sp³-hybridized carbons (Fsp3) is 0.864. The molecule has 0 bridgehead atoms. The second-order valence-corrected chi connectivity index (χ2v) is 10.1. The lowest BCUT2D eigenvalue weighted by Gasteiger charge is -2.27. The van der Waals surface area contributed by atoms with E-state index in [2.05, 4.69) is 20.9 Å². The molecule has 2 aliphatic heterocycles. The number of urea groups is 1. The number of hydrogen-bond acceptors (Lipinski definition) is 4. The maximum atomic E-state index is 13.4. The van der Waals surface area contributed by atoms with Crippen LogP contribution in [0.4, 0.5) is 4.79 Å². The minimum absolute atomic E-state index is 0.0106. The fourth-order valence-electron chi connectivity index (χ4n) is 5.31. The predicted molar refractivity (Wildman–Crippen MR) is 114 cm³/mol. The van der Waals surface area contributed by atoms with Gasteiger partial charge in [-0.3, -0.25) is 14.5 Å². The first-order valence-corrected chi connectivity index (χ1v) is 11.8. The first-order valence-electron chi connectivity index (χ1n) is 11.8. The summed E-state index contributed by atoms with van der Waals surface area (Å²) < 4.78 is 0. The Labute approximate surface area is 179 Å². The van der Waals surface area contributed by atoms with Crippen LogP contribution in [0.25, 0.3) is 0 Å². The standard InChI is InChI=1S/C22H37N5O3/c1-14(2)23-22(30)24-17-9-18-12-26(10-15-5-3-4-6-15)13-19(21(29)27(18)11-17)25-20(28)16-7-8-16/h14-19H,3-13H2,1-2H3,(H,25,28)(H2,23,24,30)/t17-,18-,19-/m0/s1. The molecule has 8 heteroatoms. The summed E-state index contributed by atoms with van der Waals surface area (Å²) in [6.45, 7) is 6.80. The van der Waals surface area contributed by atoms with Crippen molar-refractivity contribution in [2.45, 2.75) is 83.0 Å². The van der Waals surface area contributed by atoms with Crippen molar-refractivity contribution in [1.82, 2.24) is 25.8 Å². The molecule has 168 valence electrons. The van der Waals surface area contributed by atoms with Gasteiger partial charge in [0.15, 0.2) is 0 Å². The summed E-state index contributed by atoms with van der Waals surface area (Å²) in [5, 5.41) is 8.94. The van der Waals surface area contributed by atoms with E-state index in [9.17, 15) is 14.4 Å². The first-order chi connectivity index (χ1) is 14.4. The molecular formula is C22H37N5O3. The third kappa shape index (κ3) is 5.25. The maximum absolute atomic E-state index is 13.4. The summed E-state index contributed by atoms with van der Waals surface area (Å²) in [7, 11) is 0. The first kappa shape index (κ1) is 21.4. The summed E-state index contributed by atoms with van der Waals surface area (Å²) in [4.78, 5) is 42.2. The number of hydrogen-bond donors (Lipinski definition) is 3. The van der Waals surface area contributed by atoms with Crippen LogP contribution in [-0.4, -0.2) is 78.0 Å². The van der Waals surface area contributed by atoms with E-state index in [4.69, 9.17) is 0 Å². The van der Waals surface area contributed by atoms with Gasteiger partial charge in [-0.25, -0.2) is 4.79 Å². The van der Waals surface area contributed by atoms with Gasteiger partial charge in [-0.05, 0) is 51.9 Å². The van der Waals surface area contributed by atoms with E-state index in [0.717, 1.165) is 32.4 Å². The minimum Gasteiger partial charge on any atom is -0.343 e. The van der Waals surface area contributed by atoms with E-state index in [1.54, 1.807) is 0 Å². The van der Waals surface area contributed by atoms with Crippen LogP contribution < -0.4 is 16.0 Å². The van der Waals surface area contributed by atoms with Crippen molar-refractivity contribution in [3.05, 3.63) is 0 Å². The maximum Gasteiger partial charge on any atom is 0.315 e. The summed E-state index contributed by atoms with van der Waals surface area (Å²) in [5.41, 5.74) is 0. The van der Waals surface area contributed by atoms with Crippen LogP contribution in [0.15, 0.2) is 0 Å². The minimum atomic E-state index is -0.479. The van der Waals surface area contributed by atoms with Crippen molar-refractivity contribution in [1.29, 1.82) is 0 Å². The third-order valence-corrected chi connectivity index (χ3v) is 6.92. The lowest BCUT2D eigenvalue weighted by atomic mass is 10.1. The molecule has 0 spiro atoms. The molecule has 4 amide bonds. The highest BCUT2D eigenvalue weighted by Gasteiger charge is 2.44. The summed E-state index contributed by atoms with van der Waals surface area (Å²) in [6.07, 6.45) is 7.75. The van der Waals surface area contributed by atoms with Crippen LogP contribution in [0.5, 0.6) is 0 Å². The zero-order valence-electron chi connectivity index (χ0n) is 18.4. The van der Waals surface area contributed by atoms with Crippen molar-refractivity contribution in [2.75, 3.05) is 26.2 Å². The molecule has 2 saturated carbocycles. The van der Waals surface area contributed by atoms with Crippen LogP contribution in [0, 0.1) is 11.8 Å². The highest BCUT2D eigenvalue weighted by atomic mass is 16.2. The summed E-state index contributed by atoms with van der Waals surface area (Å²) in [6, 6.07) is -0.549. The molecule has 4 rings (SSSR count). The van der Waals surface area contributed by atoms with Crippen molar-refractivity contribution < 1.29 is 14.4 Å². The van der Waals surface area contributed by atoms with Gasteiger partial charge in [0.05, 0.1) is 6.04 Å². The molecule has 0 unspecified atom stereocenters. The smallest absolute Gasteiger partial charge is 0.315 e. The molecular weight excluding hydrogens is 382 g/mol. The zero-order valence-corrected chi connectivity index (χ0v) is 18.4. The number of nitrogens with one attached hydrogen (secondary N) is 3. The lowest BCUT2D eigenvalue weighted by molar-refractivity contribution is -0.136. The Morgan fingerprint density at radius 2 is 1.77 bits per heavy atom. The van der Waals surface area contributed by atoms with E-state index in [-0.39, 0.29) is 41.9 Å². The molecule has 30 heavy (non-hydrogen) atoms. The van der Waals surface area contributed by atoms with Crippen LogP contribution >= 0.6 is 0 Å². The SMILES string of the molecule is CC(C)NC(=O)N[C@H]1C[C@H]2CN(CC3CCCC3)C[C@H](NC(=O)C3CC3)C(=O)N2C1. The number of fused-ring (bicyclic) bond motifs is 1. The van der Waals surface area contributed by atoms with Crippen molar-refractivity contribution >= 4 is 17.8 Å². The largest absolute Gasteiger partial charge is 0.343 e. The molecule has 8 nitrogen and oxygen atoms in total. The second-order valence-electron chi connectivity index (χ2n) is 10.1. The topological polar surface area (TPSA) is 93.8 Å².